The quantitative estimate of drug-likeness (QED) is 0.909. The Bertz CT molecular complexity index is 630. The van der Waals surface area contributed by atoms with Gasteiger partial charge in [-0.2, -0.15) is 0 Å². The molecule has 0 atom stereocenters. The first-order valence-electron chi connectivity index (χ1n) is 5.90. The molecule has 0 spiro atoms. The highest BCUT2D eigenvalue weighted by Gasteiger charge is 2.16. The van der Waals surface area contributed by atoms with Crippen molar-refractivity contribution in [3.8, 4) is 17.4 Å². The number of carbonyl (C=O) groups is 1. The first-order chi connectivity index (χ1) is 9.61. The smallest absolute Gasteiger partial charge is 0.338 e. The van der Waals surface area contributed by atoms with Crippen LogP contribution in [0, 0.1) is 5.82 Å². The van der Waals surface area contributed by atoms with E-state index >= 15 is 0 Å². The third kappa shape index (κ3) is 3.03. The number of pyridine rings is 1. The minimum Gasteiger partial charge on any atom is -0.494 e. The van der Waals surface area contributed by atoms with E-state index in [1.165, 1.54) is 6.20 Å². The third-order valence-corrected chi connectivity index (χ3v) is 2.42. The zero-order chi connectivity index (χ0) is 14.5. The van der Waals surface area contributed by atoms with Crippen molar-refractivity contribution in [2.24, 2.45) is 0 Å². The number of halogens is 1. The van der Waals surface area contributed by atoms with Gasteiger partial charge in [-0.05, 0) is 25.1 Å². The summed E-state index contributed by atoms with van der Waals surface area (Å²) in [4.78, 5) is 14.5. The number of hydrogen-bond acceptors (Lipinski definition) is 4. The fourth-order valence-corrected chi connectivity index (χ4v) is 1.57. The maximum absolute atomic E-state index is 13.9. The number of aromatic nitrogens is 1. The third-order valence-electron chi connectivity index (χ3n) is 2.42. The molecule has 1 aromatic carbocycles. The monoisotopic (exact) mass is 277 g/mol. The second-order valence-electron chi connectivity index (χ2n) is 3.79. The van der Waals surface area contributed by atoms with E-state index in [2.05, 4.69) is 4.98 Å². The molecule has 20 heavy (non-hydrogen) atoms. The molecule has 1 heterocycles. The normalized spacial score (nSPS) is 10.1. The van der Waals surface area contributed by atoms with Gasteiger partial charge in [0.2, 0.25) is 0 Å². The summed E-state index contributed by atoms with van der Waals surface area (Å²) in [6.07, 6.45) is 1.17. The molecule has 0 aliphatic heterocycles. The molecule has 2 aromatic rings. The maximum Gasteiger partial charge on any atom is 0.338 e. The van der Waals surface area contributed by atoms with E-state index in [0.29, 0.717) is 18.1 Å². The van der Waals surface area contributed by atoms with E-state index in [9.17, 15) is 9.18 Å². The molecule has 1 aromatic heterocycles. The van der Waals surface area contributed by atoms with Gasteiger partial charge in [0.25, 0.3) is 5.88 Å². The molecule has 0 unspecified atom stereocenters. The highest BCUT2D eigenvalue weighted by molar-refractivity contribution is 5.88. The standard InChI is InChI=1S/C14H12FNO4/c1-2-19-9-4-3-5-10(8-9)20-13-12(15)11(14(17)18)6-7-16-13/h3-8H,2H2,1H3,(H,17,18). The molecule has 6 heteroatoms. The molecule has 0 saturated heterocycles. The van der Waals surface area contributed by atoms with E-state index in [0.717, 1.165) is 6.07 Å². The summed E-state index contributed by atoms with van der Waals surface area (Å²) in [5, 5.41) is 8.83. The van der Waals surface area contributed by atoms with Crippen LogP contribution in [-0.4, -0.2) is 22.7 Å². The van der Waals surface area contributed by atoms with Crippen LogP contribution >= 0.6 is 0 Å². The molecule has 0 bridgehead atoms. The van der Waals surface area contributed by atoms with Crippen molar-refractivity contribution in [2.45, 2.75) is 6.92 Å². The second-order valence-corrected chi connectivity index (χ2v) is 3.79. The van der Waals surface area contributed by atoms with Gasteiger partial charge >= 0.3 is 5.97 Å². The van der Waals surface area contributed by atoms with Crippen LogP contribution in [-0.2, 0) is 0 Å². The molecule has 104 valence electrons. The molecule has 0 aliphatic carbocycles. The van der Waals surface area contributed by atoms with Crippen molar-refractivity contribution in [2.75, 3.05) is 6.61 Å². The molecular formula is C14H12FNO4. The van der Waals surface area contributed by atoms with Gasteiger partial charge in [0.1, 0.15) is 17.1 Å². The van der Waals surface area contributed by atoms with Crippen molar-refractivity contribution in [1.82, 2.24) is 4.98 Å². The molecule has 0 aliphatic rings. The second kappa shape index (κ2) is 6.01. The molecule has 1 N–H and O–H groups in total. The molecule has 2 rings (SSSR count). The van der Waals surface area contributed by atoms with Gasteiger partial charge in [-0.1, -0.05) is 6.07 Å². The molecule has 0 fully saturated rings. The number of aromatic carboxylic acids is 1. The summed E-state index contributed by atoms with van der Waals surface area (Å²) in [6.45, 7) is 2.33. The van der Waals surface area contributed by atoms with Crippen LogP contribution in [0.4, 0.5) is 4.39 Å². The predicted octanol–water partition coefficient (Wildman–Crippen LogP) is 3.11. The Morgan fingerprint density at radius 1 is 1.35 bits per heavy atom. The zero-order valence-corrected chi connectivity index (χ0v) is 10.7. The number of rotatable bonds is 5. The summed E-state index contributed by atoms with van der Waals surface area (Å²) in [7, 11) is 0. The lowest BCUT2D eigenvalue weighted by molar-refractivity contribution is 0.0690. The molecule has 0 radical (unpaired) electrons. The average molecular weight is 277 g/mol. The molecule has 5 nitrogen and oxygen atoms in total. The van der Waals surface area contributed by atoms with Crippen LogP contribution < -0.4 is 9.47 Å². The van der Waals surface area contributed by atoms with Gasteiger partial charge < -0.3 is 14.6 Å². The zero-order valence-electron chi connectivity index (χ0n) is 10.7. The van der Waals surface area contributed by atoms with Gasteiger partial charge in [0.05, 0.1) is 6.61 Å². The molecule has 0 amide bonds. The summed E-state index contributed by atoms with van der Waals surface area (Å²) in [5.74, 6) is -1.90. The summed E-state index contributed by atoms with van der Waals surface area (Å²) >= 11 is 0. The van der Waals surface area contributed by atoms with Gasteiger partial charge in [0.15, 0.2) is 5.82 Å². The van der Waals surface area contributed by atoms with Gasteiger partial charge in [-0.25, -0.2) is 14.2 Å². The van der Waals surface area contributed by atoms with E-state index in [1.54, 1.807) is 24.3 Å². The minimum atomic E-state index is -1.38. The SMILES string of the molecule is CCOc1cccc(Oc2nccc(C(=O)O)c2F)c1. The van der Waals surface area contributed by atoms with Crippen molar-refractivity contribution >= 4 is 5.97 Å². The van der Waals surface area contributed by atoms with Crippen molar-refractivity contribution in [3.05, 3.63) is 47.9 Å². The van der Waals surface area contributed by atoms with Crippen LogP contribution in [0.2, 0.25) is 0 Å². The number of ether oxygens (including phenoxy) is 2. The number of carboxylic acid groups (broad SMARTS) is 1. The Kier molecular flexibility index (Phi) is 4.14. The Morgan fingerprint density at radius 2 is 2.10 bits per heavy atom. The summed E-state index contributed by atoms with van der Waals surface area (Å²) < 4.78 is 24.4. The fraction of sp³-hybridized carbons (Fsp3) is 0.143. The number of hydrogen-bond donors (Lipinski definition) is 1. The molecule has 0 saturated carbocycles. The lowest BCUT2D eigenvalue weighted by Crippen LogP contribution is -2.03. The van der Waals surface area contributed by atoms with Gasteiger partial charge in [-0.15, -0.1) is 0 Å². The Hall–Kier alpha value is -2.63. The first kappa shape index (κ1) is 13.8. The average Bonchev–Trinajstić information content (AvgIpc) is 2.42. The van der Waals surface area contributed by atoms with E-state index < -0.39 is 23.2 Å². The van der Waals surface area contributed by atoms with Gasteiger partial charge in [-0.3, -0.25) is 0 Å². The Morgan fingerprint density at radius 3 is 2.80 bits per heavy atom. The van der Waals surface area contributed by atoms with Crippen LogP contribution in [0.3, 0.4) is 0 Å². The largest absolute Gasteiger partial charge is 0.494 e. The van der Waals surface area contributed by atoms with Crippen molar-refractivity contribution < 1.29 is 23.8 Å². The van der Waals surface area contributed by atoms with Gasteiger partial charge in [0, 0.05) is 12.3 Å². The predicted molar refractivity (Wildman–Crippen MR) is 68.8 cm³/mol. The maximum atomic E-state index is 13.9. The lowest BCUT2D eigenvalue weighted by atomic mass is 10.2. The fourth-order valence-electron chi connectivity index (χ4n) is 1.57. The Labute approximate surface area is 114 Å². The highest BCUT2D eigenvalue weighted by Crippen LogP contribution is 2.26. The van der Waals surface area contributed by atoms with E-state index in [-0.39, 0.29) is 0 Å². The highest BCUT2D eigenvalue weighted by atomic mass is 19.1. The number of nitrogens with zero attached hydrogens (tertiary/aromatic N) is 1. The number of carboxylic acids is 1. The van der Waals surface area contributed by atoms with Crippen LogP contribution in [0.5, 0.6) is 17.4 Å². The van der Waals surface area contributed by atoms with E-state index in [4.69, 9.17) is 14.6 Å². The lowest BCUT2D eigenvalue weighted by Gasteiger charge is -2.08. The Balaban J connectivity index is 2.28. The minimum absolute atomic E-state index is 0.310. The first-order valence-corrected chi connectivity index (χ1v) is 5.90. The summed E-state index contributed by atoms with van der Waals surface area (Å²) in [5.41, 5.74) is -0.490. The van der Waals surface area contributed by atoms with Crippen molar-refractivity contribution in [1.29, 1.82) is 0 Å². The van der Waals surface area contributed by atoms with Crippen LogP contribution in [0.1, 0.15) is 17.3 Å². The van der Waals surface area contributed by atoms with Crippen LogP contribution in [0.15, 0.2) is 36.5 Å². The van der Waals surface area contributed by atoms with Crippen molar-refractivity contribution in [3.63, 3.8) is 0 Å². The number of benzene rings is 1. The topological polar surface area (TPSA) is 68.7 Å². The molecular weight excluding hydrogens is 265 g/mol. The van der Waals surface area contributed by atoms with Crippen LogP contribution in [0.25, 0.3) is 0 Å². The summed E-state index contributed by atoms with van der Waals surface area (Å²) in [6, 6.07) is 7.64. The van der Waals surface area contributed by atoms with E-state index in [1.807, 2.05) is 6.92 Å².